The summed E-state index contributed by atoms with van der Waals surface area (Å²) in [5.74, 6) is 1.81. The molecule has 0 N–H and O–H groups in total. The summed E-state index contributed by atoms with van der Waals surface area (Å²) in [7, 11) is 0. The molecule has 2 nitrogen and oxygen atoms in total. The van der Waals surface area contributed by atoms with Crippen LogP contribution in [0.3, 0.4) is 0 Å². The summed E-state index contributed by atoms with van der Waals surface area (Å²) in [4.78, 5) is 0. The van der Waals surface area contributed by atoms with Gasteiger partial charge in [-0.1, -0.05) is 84.0 Å². The standard InChI is InChI=1S/C23H41NO/c1-2-3-4-5-6-7-8-12-19-25-23(20-24)17-15-22(16-18-23)21-13-10-9-11-14-21/h21-22H,2-19H2,1H3. The fraction of sp³-hybridized carbons (Fsp3) is 0.957. The Kier molecular flexibility index (Phi) is 9.92. The molecule has 0 radical (unpaired) electrons. The van der Waals surface area contributed by atoms with E-state index in [-0.39, 0.29) is 0 Å². The van der Waals surface area contributed by atoms with Gasteiger partial charge in [0.2, 0.25) is 0 Å². The minimum atomic E-state index is -0.452. The summed E-state index contributed by atoms with van der Waals surface area (Å²) in [6, 6.07) is 2.54. The minimum Gasteiger partial charge on any atom is -0.360 e. The van der Waals surface area contributed by atoms with Crippen LogP contribution in [0.2, 0.25) is 0 Å². The Morgan fingerprint density at radius 1 is 0.800 bits per heavy atom. The van der Waals surface area contributed by atoms with Crippen LogP contribution in [0.1, 0.15) is 116 Å². The number of hydrogen-bond acceptors (Lipinski definition) is 2. The second-order valence-corrected chi connectivity index (χ2v) is 8.66. The van der Waals surface area contributed by atoms with E-state index >= 15 is 0 Å². The molecule has 2 heteroatoms. The first-order valence-corrected chi connectivity index (χ1v) is 11.3. The summed E-state index contributed by atoms with van der Waals surface area (Å²) in [6.45, 7) is 3.06. The quantitative estimate of drug-likeness (QED) is 0.371. The topological polar surface area (TPSA) is 33.0 Å². The molecule has 0 spiro atoms. The third-order valence-corrected chi connectivity index (χ3v) is 6.73. The van der Waals surface area contributed by atoms with E-state index in [1.54, 1.807) is 0 Å². The first-order valence-electron chi connectivity index (χ1n) is 11.3. The predicted octanol–water partition coefficient (Wildman–Crippen LogP) is 7.18. The van der Waals surface area contributed by atoms with Crippen LogP contribution in [0.15, 0.2) is 0 Å². The van der Waals surface area contributed by atoms with Gasteiger partial charge in [-0.2, -0.15) is 5.26 Å². The van der Waals surface area contributed by atoms with Gasteiger partial charge < -0.3 is 4.74 Å². The molecule has 2 rings (SSSR count). The van der Waals surface area contributed by atoms with Crippen molar-refractivity contribution < 1.29 is 4.74 Å². The molecule has 0 bridgehead atoms. The van der Waals surface area contributed by atoms with E-state index < -0.39 is 5.60 Å². The van der Waals surface area contributed by atoms with E-state index in [1.165, 1.54) is 89.9 Å². The van der Waals surface area contributed by atoms with E-state index in [4.69, 9.17) is 4.74 Å². The molecule has 0 atom stereocenters. The Morgan fingerprint density at radius 2 is 1.36 bits per heavy atom. The van der Waals surface area contributed by atoms with Crippen molar-refractivity contribution in [2.45, 2.75) is 122 Å². The molecular weight excluding hydrogens is 306 g/mol. The van der Waals surface area contributed by atoms with Crippen molar-refractivity contribution in [2.24, 2.45) is 11.8 Å². The maximum Gasteiger partial charge on any atom is 0.154 e. The lowest BCUT2D eigenvalue weighted by Gasteiger charge is -2.39. The Labute approximate surface area is 156 Å². The molecule has 0 aliphatic heterocycles. The van der Waals surface area contributed by atoms with Crippen LogP contribution in [0.25, 0.3) is 0 Å². The van der Waals surface area contributed by atoms with E-state index in [9.17, 15) is 5.26 Å². The molecule has 0 aromatic heterocycles. The summed E-state index contributed by atoms with van der Waals surface area (Å²) in [5, 5.41) is 9.69. The fourth-order valence-electron chi connectivity index (χ4n) is 4.98. The van der Waals surface area contributed by atoms with Gasteiger partial charge in [0.1, 0.15) is 0 Å². The van der Waals surface area contributed by atoms with Crippen LogP contribution >= 0.6 is 0 Å². The van der Waals surface area contributed by atoms with Crippen molar-refractivity contribution >= 4 is 0 Å². The van der Waals surface area contributed by atoms with Crippen LogP contribution in [0.4, 0.5) is 0 Å². The Hall–Kier alpha value is -0.550. The number of ether oxygens (including phenoxy) is 1. The minimum absolute atomic E-state index is 0.452. The molecule has 2 saturated carbocycles. The second-order valence-electron chi connectivity index (χ2n) is 8.66. The van der Waals surface area contributed by atoms with Gasteiger partial charge in [0.15, 0.2) is 5.60 Å². The highest BCUT2D eigenvalue weighted by molar-refractivity contribution is 5.05. The monoisotopic (exact) mass is 347 g/mol. The third kappa shape index (κ3) is 7.30. The van der Waals surface area contributed by atoms with Crippen LogP contribution in [0, 0.1) is 23.2 Å². The van der Waals surface area contributed by atoms with Gasteiger partial charge >= 0.3 is 0 Å². The Balaban J connectivity index is 1.56. The van der Waals surface area contributed by atoms with Gasteiger partial charge in [-0.05, 0) is 43.9 Å². The lowest BCUT2D eigenvalue weighted by atomic mass is 9.70. The van der Waals surface area contributed by atoms with Crippen LogP contribution in [0.5, 0.6) is 0 Å². The summed E-state index contributed by atoms with van der Waals surface area (Å²) in [6.07, 6.45) is 22.1. The molecule has 0 amide bonds. The van der Waals surface area contributed by atoms with Gasteiger partial charge in [-0.15, -0.1) is 0 Å². The Bertz CT molecular complexity index is 372. The molecular formula is C23H41NO. The largest absolute Gasteiger partial charge is 0.360 e. The third-order valence-electron chi connectivity index (χ3n) is 6.73. The van der Waals surface area contributed by atoms with Crippen LogP contribution in [-0.2, 0) is 4.74 Å². The van der Waals surface area contributed by atoms with Crippen LogP contribution in [-0.4, -0.2) is 12.2 Å². The molecule has 0 aromatic carbocycles. The molecule has 0 saturated heterocycles. The Morgan fingerprint density at radius 3 is 1.96 bits per heavy atom. The zero-order chi connectivity index (χ0) is 17.8. The maximum atomic E-state index is 9.69. The normalized spacial score (nSPS) is 27.9. The maximum absolute atomic E-state index is 9.69. The predicted molar refractivity (Wildman–Crippen MR) is 105 cm³/mol. The van der Waals surface area contributed by atoms with Gasteiger partial charge in [-0.3, -0.25) is 0 Å². The van der Waals surface area contributed by atoms with Gasteiger partial charge in [0.25, 0.3) is 0 Å². The molecule has 0 heterocycles. The SMILES string of the molecule is CCCCCCCCCCOC1(C#N)CCC(C2CCCCC2)CC1. The molecule has 144 valence electrons. The molecule has 0 unspecified atom stereocenters. The first kappa shape index (κ1) is 20.8. The number of nitriles is 1. The van der Waals surface area contributed by atoms with Crippen molar-refractivity contribution in [3.05, 3.63) is 0 Å². The highest BCUT2D eigenvalue weighted by Crippen LogP contribution is 2.42. The van der Waals surface area contributed by atoms with Crippen LogP contribution < -0.4 is 0 Å². The number of rotatable bonds is 11. The van der Waals surface area contributed by atoms with Crippen molar-refractivity contribution in [1.29, 1.82) is 5.26 Å². The number of nitrogens with zero attached hydrogens (tertiary/aromatic N) is 1. The smallest absolute Gasteiger partial charge is 0.154 e. The average Bonchev–Trinajstić information content (AvgIpc) is 2.68. The van der Waals surface area contributed by atoms with Crippen molar-refractivity contribution in [3.63, 3.8) is 0 Å². The molecule has 25 heavy (non-hydrogen) atoms. The van der Waals surface area contributed by atoms with Crippen molar-refractivity contribution in [3.8, 4) is 6.07 Å². The highest BCUT2D eigenvalue weighted by Gasteiger charge is 2.38. The van der Waals surface area contributed by atoms with Gasteiger partial charge in [0, 0.05) is 6.61 Å². The zero-order valence-electron chi connectivity index (χ0n) is 16.7. The van der Waals surface area contributed by atoms with Gasteiger partial charge in [0.05, 0.1) is 6.07 Å². The second kappa shape index (κ2) is 11.9. The molecule has 2 aliphatic rings. The zero-order valence-corrected chi connectivity index (χ0v) is 16.7. The molecule has 2 fully saturated rings. The molecule has 2 aliphatic carbocycles. The van der Waals surface area contributed by atoms with Gasteiger partial charge in [-0.25, -0.2) is 0 Å². The van der Waals surface area contributed by atoms with Crippen molar-refractivity contribution in [1.82, 2.24) is 0 Å². The molecule has 0 aromatic rings. The van der Waals surface area contributed by atoms with E-state index in [0.29, 0.717) is 0 Å². The first-order chi connectivity index (χ1) is 12.3. The summed E-state index contributed by atoms with van der Waals surface area (Å²) >= 11 is 0. The number of hydrogen-bond donors (Lipinski definition) is 0. The lowest BCUT2D eigenvalue weighted by Crippen LogP contribution is -2.38. The fourth-order valence-corrected chi connectivity index (χ4v) is 4.98. The van der Waals surface area contributed by atoms with E-state index in [1.807, 2.05) is 0 Å². The lowest BCUT2D eigenvalue weighted by molar-refractivity contribution is -0.0448. The summed E-state index contributed by atoms with van der Waals surface area (Å²) < 4.78 is 6.14. The van der Waals surface area contributed by atoms with E-state index in [2.05, 4.69) is 13.0 Å². The average molecular weight is 348 g/mol. The number of unbranched alkanes of at least 4 members (excludes halogenated alkanes) is 7. The van der Waals surface area contributed by atoms with E-state index in [0.717, 1.165) is 37.7 Å². The van der Waals surface area contributed by atoms with Crippen molar-refractivity contribution in [2.75, 3.05) is 6.61 Å². The highest BCUT2D eigenvalue weighted by atomic mass is 16.5. The summed E-state index contributed by atoms with van der Waals surface area (Å²) in [5.41, 5.74) is -0.452.